The maximum absolute atomic E-state index is 14.7. The van der Waals surface area contributed by atoms with Crippen molar-refractivity contribution in [3.63, 3.8) is 0 Å². The van der Waals surface area contributed by atoms with E-state index in [2.05, 4.69) is 15.2 Å². The van der Waals surface area contributed by atoms with Crippen LogP contribution in [0, 0.1) is 11.7 Å². The number of Topliss-reactive ketones (excluding diaryl/α,β-unsaturated/α-hetero) is 1. The van der Waals surface area contributed by atoms with Crippen molar-refractivity contribution in [3.8, 4) is 0 Å². The highest BCUT2D eigenvalue weighted by molar-refractivity contribution is 7.81. The summed E-state index contributed by atoms with van der Waals surface area (Å²) in [5.41, 5.74) is 3.83. The molecule has 1 amide bonds. The highest BCUT2D eigenvalue weighted by atomic mass is 32.1. The summed E-state index contributed by atoms with van der Waals surface area (Å²) in [6, 6.07) is 5.92. The predicted molar refractivity (Wildman–Crippen MR) is 123 cm³/mol. The van der Waals surface area contributed by atoms with E-state index in [9.17, 15) is 14.0 Å². The first-order valence-electron chi connectivity index (χ1n) is 11.2. The average molecular weight is 474 g/mol. The minimum atomic E-state index is -0.608. The van der Waals surface area contributed by atoms with E-state index in [4.69, 9.17) is 17.8 Å². The molecule has 176 valence electrons. The van der Waals surface area contributed by atoms with Crippen LogP contribution in [0.5, 0.6) is 0 Å². The molecule has 33 heavy (non-hydrogen) atoms. The molecular formula is C23H28FN5O3S. The number of carbonyl (C=O) groups is 2. The number of hydrogen-bond donors (Lipinski definition) is 3. The molecule has 2 aromatic rings. The second-order valence-electron chi connectivity index (χ2n) is 8.62. The monoisotopic (exact) mass is 473 g/mol. The van der Waals surface area contributed by atoms with Crippen LogP contribution in [0.2, 0.25) is 0 Å². The predicted octanol–water partition coefficient (Wildman–Crippen LogP) is 2.81. The third-order valence-corrected chi connectivity index (χ3v) is 6.79. The lowest BCUT2D eigenvalue weighted by atomic mass is 9.93. The molecule has 2 heterocycles. The fourth-order valence-electron chi connectivity index (χ4n) is 4.26. The fraction of sp³-hybridized carbons (Fsp3) is 0.478. The number of nitrogens with zero attached hydrogens (tertiary/aromatic N) is 4. The van der Waals surface area contributed by atoms with Gasteiger partial charge in [-0.3, -0.25) is 19.7 Å². The Morgan fingerprint density at radius 3 is 2.82 bits per heavy atom. The number of thiol groups is 1. The van der Waals surface area contributed by atoms with Gasteiger partial charge in [0.1, 0.15) is 5.82 Å². The summed E-state index contributed by atoms with van der Waals surface area (Å²) in [6.45, 7) is 1.60. The number of piperidine rings is 1. The summed E-state index contributed by atoms with van der Waals surface area (Å²) in [5.74, 6) is -0.708. The second-order valence-corrected chi connectivity index (χ2v) is 9.24. The number of hydroxylamine groups is 1. The van der Waals surface area contributed by atoms with Crippen molar-refractivity contribution in [1.29, 1.82) is 0 Å². The van der Waals surface area contributed by atoms with Crippen LogP contribution in [0.15, 0.2) is 36.0 Å². The minimum Gasteiger partial charge on any atom is -0.297 e. The second kappa shape index (κ2) is 10.6. The average Bonchev–Trinajstić information content (AvgIpc) is 3.58. The maximum Gasteiger partial charge on any atom is 0.243 e. The Labute approximate surface area is 197 Å². The number of halogens is 1. The van der Waals surface area contributed by atoms with Gasteiger partial charge in [0.2, 0.25) is 5.91 Å². The lowest BCUT2D eigenvalue weighted by Gasteiger charge is -2.37. The quantitative estimate of drug-likeness (QED) is 0.294. The minimum absolute atomic E-state index is 0.00191. The molecule has 1 saturated carbocycles. The van der Waals surface area contributed by atoms with E-state index in [1.165, 1.54) is 6.07 Å². The maximum atomic E-state index is 14.7. The first kappa shape index (κ1) is 23.6. The summed E-state index contributed by atoms with van der Waals surface area (Å²) in [6.07, 6.45) is 6.74. The van der Waals surface area contributed by atoms with Crippen molar-refractivity contribution in [2.45, 2.75) is 49.9 Å². The summed E-state index contributed by atoms with van der Waals surface area (Å²) >= 11 is 4.75. The van der Waals surface area contributed by atoms with Crippen LogP contribution in [-0.4, -0.2) is 55.1 Å². The summed E-state index contributed by atoms with van der Waals surface area (Å²) in [5, 5.41) is 16.7. The highest BCUT2D eigenvalue weighted by Gasteiger charge is 2.40. The van der Waals surface area contributed by atoms with Gasteiger partial charge in [-0.2, -0.15) is 12.6 Å². The molecule has 0 bridgehead atoms. The molecular weight excluding hydrogens is 445 g/mol. The number of aromatic nitrogens is 3. The lowest BCUT2D eigenvalue weighted by molar-refractivity contribution is -0.129. The molecule has 1 saturated heterocycles. The van der Waals surface area contributed by atoms with Crippen LogP contribution in [0.1, 0.15) is 49.4 Å². The SMILES string of the molecule is O=C(CCCn1nncc1C=C1CN(C(C(=O)C2CC2)c2ccccc2F)CCC1S)NO. The van der Waals surface area contributed by atoms with Crippen molar-refractivity contribution in [2.24, 2.45) is 5.92 Å². The number of hydrogen-bond acceptors (Lipinski definition) is 7. The van der Waals surface area contributed by atoms with E-state index in [0.717, 1.165) is 30.5 Å². The molecule has 2 unspecified atom stereocenters. The molecule has 1 aliphatic carbocycles. The first-order chi connectivity index (χ1) is 16.0. The third kappa shape index (κ3) is 5.69. The van der Waals surface area contributed by atoms with E-state index >= 15 is 0 Å². The smallest absolute Gasteiger partial charge is 0.243 e. The van der Waals surface area contributed by atoms with Crippen molar-refractivity contribution >= 4 is 30.4 Å². The normalized spacial score (nSPS) is 21.2. The van der Waals surface area contributed by atoms with E-state index < -0.39 is 11.9 Å². The van der Waals surface area contributed by atoms with Crippen LogP contribution in [0.4, 0.5) is 4.39 Å². The zero-order valence-corrected chi connectivity index (χ0v) is 19.1. The zero-order valence-electron chi connectivity index (χ0n) is 18.2. The molecule has 2 aliphatic rings. The Morgan fingerprint density at radius 2 is 2.09 bits per heavy atom. The van der Waals surface area contributed by atoms with E-state index in [0.29, 0.717) is 31.6 Å². The summed E-state index contributed by atoms with van der Waals surface area (Å²) in [4.78, 5) is 26.5. The number of carbonyl (C=O) groups excluding carboxylic acids is 2. The van der Waals surface area contributed by atoms with Crippen LogP contribution in [-0.2, 0) is 16.1 Å². The molecule has 4 rings (SSSR count). The lowest BCUT2D eigenvalue weighted by Crippen LogP contribution is -2.42. The Bertz CT molecular complexity index is 1040. The van der Waals surface area contributed by atoms with E-state index in [1.54, 1.807) is 34.6 Å². The Kier molecular flexibility index (Phi) is 7.56. The van der Waals surface area contributed by atoms with Crippen LogP contribution >= 0.6 is 12.6 Å². The third-order valence-electron chi connectivity index (χ3n) is 6.20. The van der Waals surface area contributed by atoms with Crippen LogP contribution in [0.3, 0.4) is 0 Å². The van der Waals surface area contributed by atoms with Gasteiger partial charge in [-0.05, 0) is 43.4 Å². The molecule has 0 spiro atoms. The molecule has 2 N–H and O–H groups in total. The van der Waals surface area contributed by atoms with E-state index in [1.807, 2.05) is 6.08 Å². The summed E-state index contributed by atoms with van der Waals surface area (Å²) in [7, 11) is 0. The van der Waals surface area contributed by atoms with Crippen molar-refractivity contribution in [3.05, 3.63) is 53.1 Å². The van der Waals surface area contributed by atoms with Gasteiger partial charge < -0.3 is 0 Å². The topological polar surface area (TPSA) is 100 Å². The number of likely N-dealkylation sites (tertiary alicyclic amines) is 1. The number of benzene rings is 1. The molecule has 1 aromatic carbocycles. The number of amides is 1. The van der Waals surface area contributed by atoms with Gasteiger partial charge in [0.05, 0.1) is 17.9 Å². The van der Waals surface area contributed by atoms with Gasteiger partial charge in [-0.15, -0.1) is 5.10 Å². The van der Waals surface area contributed by atoms with Crippen molar-refractivity contribution in [2.75, 3.05) is 13.1 Å². The van der Waals surface area contributed by atoms with Gasteiger partial charge in [-0.25, -0.2) is 14.6 Å². The number of nitrogens with one attached hydrogen (secondary N) is 1. The highest BCUT2D eigenvalue weighted by Crippen LogP contribution is 2.39. The first-order valence-corrected chi connectivity index (χ1v) is 11.7. The molecule has 2 atom stereocenters. The zero-order chi connectivity index (χ0) is 23.4. The van der Waals surface area contributed by atoms with Gasteiger partial charge >= 0.3 is 0 Å². The van der Waals surface area contributed by atoms with Crippen LogP contribution < -0.4 is 5.48 Å². The Hall–Kier alpha value is -2.56. The number of ketones is 1. The number of rotatable bonds is 9. The standard InChI is InChI=1S/C23H28FN5O3S/c24-19-5-2-1-4-18(19)22(23(31)15-7-8-15)28-11-9-20(33)16(14-28)12-17-13-25-27-29(17)10-3-6-21(30)26-32/h1-2,4-5,12-13,15,20,22,32-33H,3,6-11,14H2,(H,26,30). The van der Waals surface area contributed by atoms with Crippen LogP contribution in [0.25, 0.3) is 6.08 Å². The van der Waals surface area contributed by atoms with Gasteiger partial charge in [0.25, 0.3) is 0 Å². The van der Waals surface area contributed by atoms with Gasteiger partial charge in [-0.1, -0.05) is 23.4 Å². The molecule has 10 heteroatoms. The molecule has 0 radical (unpaired) electrons. The largest absolute Gasteiger partial charge is 0.297 e. The van der Waals surface area contributed by atoms with E-state index in [-0.39, 0.29) is 29.2 Å². The Balaban J connectivity index is 1.54. The fourth-order valence-corrected chi connectivity index (χ4v) is 4.53. The van der Waals surface area contributed by atoms with Crippen molar-refractivity contribution in [1.82, 2.24) is 25.4 Å². The molecule has 8 nitrogen and oxygen atoms in total. The van der Waals surface area contributed by atoms with Gasteiger partial charge in [0.15, 0.2) is 5.78 Å². The van der Waals surface area contributed by atoms with Gasteiger partial charge in [0, 0.05) is 42.8 Å². The Morgan fingerprint density at radius 1 is 1.30 bits per heavy atom. The molecule has 2 fully saturated rings. The molecule has 1 aromatic heterocycles. The van der Waals surface area contributed by atoms with Crippen molar-refractivity contribution < 1.29 is 19.2 Å². The molecule has 1 aliphatic heterocycles. The number of aryl methyl sites for hydroxylation is 1. The summed E-state index contributed by atoms with van der Waals surface area (Å²) < 4.78 is 16.4.